The van der Waals surface area contributed by atoms with E-state index in [0.717, 1.165) is 45.3 Å². The molecule has 0 aliphatic carbocycles. The summed E-state index contributed by atoms with van der Waals surface area (Å²) in [6, 6.07) is 0.743. The molecule has 19 heavy (non-hydrogen) atoms. The van der Waals surface area contributed by atoms with Crippen LogP contribution in [0.5, 0.6) is 0 Å². The van der Waals surface area contributed by atoms with Crippen LogP contribution in [0.2, 0.25) is 0 Å². The van der Waals surface area contributed by atoms with Crippen LogP contribution >= 0.6 is 0 Å². The average molecular weight is 272 g/mol. The number of hydrogen-bond acceptors (Lipinski definition) is 4. The molecule has 0 aromatic heterocycles. The number of rotatable bonds is 10. The third kappa shape index (κ3) is 5.78. The van der Waals surface area contributed by atoms with Gasteiger partial charge < -0.3 is 14.4 Å². The molecular formula is C15H32N2O2. The number of nitrogens with zero attached hydrogens (tertiary/aromatic N) is 2. The zero-order chi connectivity index (χ0) is 14.1. The molecule has 0 saturated carbocycles. The van der Waals surface area contributed by atoms with Crippen LogP contribution in [0.4, 0.5) is 0 Å². The lowest BCUT2D eigenvalue weighted by atomic mass is 10.2. The zero-order valence-electron chi connectivity index (χ0n) is 13.2. The molecule has 0 aromatic carbocycles. The minimum atomic E-state index is -0.0255. The topological polar surface area (TPSA) is 24.9 Å². The molecule has 0 radical (unpaired) electrons. The maximum absolute atomic E-state index is 5.60. The maximum Gasteiger partial charge on any atom is 0.158 e. The molecule has 1 rings (SSSR count). The number of ether oxygens (including phenoxy) is 2. The first-order chi connectivity index (χ1) is 9.24. The van der Waals surface area contributed by atoms with E-state index in [1.807, 2.05) is 13.8 Å². The molecular weight excluding hydrogens is 240 g/mol. The van der Waals surface area contributed by atoms with Crippen molar-refractivity contribution in [2.75, 3.05) is 45.9 Å². The fraction of sp³-hybridized carbons (Fsp3) is 1.00. The van der Waals surface area contributed by atoms with Gasteiger partial charge in [-0.1, -0.05) is 13.8 Å². The van der Waals surface area contributed by atoms with E-state index in [2.05, 4.69) is 23.6 Å². The van der Waals surface area contributed by atoms with Crippen molar-refractivity contribution in [3.8, 4) is 0 Å². The van der Waals surface area contributed by atoms with Crippen molar-refractivity contribution in [1.82, 2.24) is 9.80 Å². The summed E-state index contributed by atoms with van der Waals surface area (Å²) in [6.07, 6.45) is 2.25. The van der Waals surface area contributed by atoms with Gasteiger partial charge in [-0.05, 0) is 39.9 Å². The van der Waals surface area contributed by atoms with E-state index in [1.165, 1.54) is 19.5 Å². The first kappa shape index (κ1) is 16.9. The fourth-order valence-electron chi connectivity index (χ4n) is 2.93. The summed E-state index contributed by atoms with van der Waals surface area (Å²) in [6.45, 7) is 15.8. The average Bonchev–Trinajstić information content (AvgIpc) is 2.87. The van der Waals surface area contributed by atoms with Crippen LogP contribution in [0, 0.1) is 0 Å². The largest absolute Gasteiger partial charge is 0.353 e. The summed E-state index contributed by atoms with van der Waals surface area (Å²) < 4.78 is 11.2. The Kier molecular flexibility index (Phi) is 8.62. The van der Waals surface area contributed by atoms with E-state index in [1.54, 1.807) is 0 Å². The molecule has 0 spiro atoms. The molecule has 1 saturated heterocycles. The monoisotopic (exact) mass is 272 g/mol. The van der Waals surface area contributed by atoms with Crippen molar-refractivity contribution in [2.24, 2.45) is 0 Å². The highest BCUT2D eigenvalue weighted by atomic mass is 16.7. The lowest BCUT2D eigenvalue weighted by Gasteiger charge is -2.26. The van der Waals surface area contributed by atoms with Crippen LogP contribution in [0.3, 0.4) is 0 Å². The van der Waals surface area contributed by atoms with Gasteiger partial charge >= 0.3 is 0 Å². The number of likely N-dealkylation sites (N-methyl/N-ethyl adjacent to an activating group) is 1. The molecule has 4 nitrogen and oxygen atoms in total. The second-order valence-electron chi connectivity index (χ2n) is 5.09. The molecule has 0 aromatic rings. The standard InChI is InChI=1S/C15H32N2O2/c1-5-17(6-2)14-9-11-16(13-14)12-10-15(18-7-3)19-8-4/h14-15H,5-13H2,1-4H3. The molecule has 1 heterocycles. The van der Waals surface area contributed by atoms with E-state index in [0.29, 0.717) is 0 Å². The van der Waals surface area contributed by atoms with Gasteiger partial charge in [0.05, 0.1) is 0 Å². The van der Waals surface area contributed by atoms with E-state index in [-0.39, 0.29) is 6.29 Å². The summed E-state index contributed by atoms with van der Waals surface area (Å²) in [7, 11) is 0. The summed E-state index contributed by atoms with van der Waals surface area (Å²) in [5.74, 6) is 0. The van der Waals surface area contributed by atoms with E-state index in [9.17, 15) is 0 Å². The van der Waals surface area contributed by atoms with Gasteiger partial charge in [0, 0.05) is 38.8 Å². The molecule has 0 amide bonds. The van der Waals surface area contributed by atoms with Gasteiger partial charge in [-0.25, -0.2) is 0 Å². The van der Waals surface area contributed by atoms with E-state index >= 15 is 0 Å². The Morgan fingerprint density at radius 2 is 1.74 bits per heavy atom. The summed E-state index contributed by atoms with van der Waals surface area (Å²) in [5, 5.41) is 0. The molecule has 1 fully saturated rings. The molecule has 0 bridgehead atoms. The molecule has 1 aliphatic rings. The first-order valence-electron chi connectivity index (χ1n) is 7.94. The molecule has 1 atom stereocenters. The van der Waals surface area contributed by atoms with Crippen LogP contribution in [0.15, 0.2) is 0 Å². The Morgan fingerprint density at radius 1 is 1.11 bits per heavy atom. The predicted octanol–water partition coefficient (Wildman–Crippen LogP) is 2.19. The maximum atomic E-state index is 5.60. The summed E-state index contributed by atoms with van der Waals surface area (Å²) >= 11 is 0. The van der Waals surface area contributed by atoms with Crippen molar-refractivity contribution in [2.45, 2.75) is 52.9 Å². The van der Waals surface area contributed by atoms with Crippen LogP contribution in [-0.4, -0.2) is 68.1 Å². The van der Waals surface area contributed by atoms with Gasteiger partial charge in [0.2, 0.25) is 0 Å². The minimum Gasteiger partial charge on any atom is -0.353 e. The lowest BCUT2D eigenvalue weighted by molar-refractivity contribution is -0.141. The van der Waals surface area contributed by atoms with Crippen molar-refractivity contribution >= 4 is 0 Å². The van der Waals surface area contributed by atoms with Gasteiger partial charge in [-0.15, -0.1) is 0 Å². The second-order valence-corrected chi connectivity index (χ2v) is 5.09. The second kappa shape index (κ2) is 9.70. The van der Waals surface area contributed by atoms with Gasteiger partial charge in [-0.2, -0.15) is 0 Å². The normalized spacial score (nSPS) is 20.8. The van der Waals surface area contributed by atoms with Crippen LogP contribution < -0.4 is 0 Å². The Hall–Kier alpha value is -0.160. The van der Waals surface area contributed by atoms with Gasteiger partial charge in [0.25, 0.3) is 0 Å². The molecule has 0 N–H and O–H groups in total. The van der Waals surface area contributed by atoms with Crippen LogP contribution in [0.25, 0.3) is 0 Å². The fourth-order valence-corrected chi connectivity index (χ4v) is 2.93. The van der Waals surface area contributed by atoms with Gasteiger partial charge in [0.15, 0.2) is 6.29 Å². The highest BCUT2D eigenvalue weighted by Gasteiger charge is 2.26. The quantitative estimate of drug-likeness (QED) is 0.569. The van der Waals surface area contributed by atoms with Crippen molar-refractivity contribution in [1.29, 1.82) is 0 Å². The Labute approximate surface area is 119 Å². The third-order valence-electron chi connectivity index (χ3n) is 3.96. The van der Waals surface area contributed by atoms with Crippen LogP contribution in [0.1, 0.15) is 40.5 Å². The summed E-state index contributed by atoms with van der Waals surface area (Å²) in [4.78, 5) is 5.12. The van der Waals surface area contributed by atoms with Gasteiger partial charge in [0.1, 0.15) is 0 Å². The predicted molar refractivity (Wildman–Crippen MR) is 79.4 cm³/mol. The minimum absolute atomic E-state index is 0.0255. The Balaban J connectivity index is 2.27. The molecule has 1 unspecified atom stereocenters. The Bertz CT molecular complexity index is 216. The van der Waals surface area contributed by atoms with Crippen molar-refractivity contribution in [3.05, 3.63) is 0 Å². The number of likely N-dealkylation sites (tertiary alicyclic amines) is 1. The highest BCUT2D eigenvalue weighted by Crippen LogP contribution is 2.16. The third-order valence-corrected chi connectivity index (χ3v) is 3.96. The molecule has 4 heteroatoms. The van der Waals surface area contributed by atoms with Crippen LogP contribution in [-0.2, 0) is 9.47 Å². The summed E-state index contributed by atoms with van der Waals surface area (Å²) in [5.41, 5.74) is 0. The molecule has 1 aliphatic heterocycles. The van der Waals surface area contributed by atoms with Crippen molar-refractivity contribution < 1.29 is 9.47 Å². The SMILES string of the molecule is CCOC(CCN1CCC(N(CC)CC)C1)OCC. The lowest BCUT2D eigenvalue weighted by Crippen LogP contribution is -2.37. The zero-order valence-corrected chi connectivity index (χ0v) is 13.2. The van der Waals surface area contributed by atoms with E-state index in [4.69, 9.17) is 9.47 Å². The smallest absolute Gasteiger partial charge is 0.158 e. The van der Waals surface area contributed by atoms with Gasteiger partial charge in [-0.3, -0.25) is 4.90 Å². The van der Waals surface area contributed by atoms with Crippen molar-refractivity contribution in [3.63, 3.8) is 0 Å². The number of hydrogen-bond donors (Lipinski definition) is 0. The van der Waals surface area contributed by atoms with E-state index < -0.39 is 0 Å². The first-order valence-corrected chi connectivity index (χ1v) is 7.94. The molecule has 114 valence electrons. The highest BCUT2D eigenvalue weighted by molar-refractivity contribution is 4.82. The Morgan fingerprint density at radius 3 is 2.26 bits per heavy atom.